The number of aliphatic hydroxyl groups is 1. The first-order chi connectivity index (χ1) is 11.0. The summed E-state index contributed by atoms with van der Waals surface area (Å²) in [6.45, 7) is 9.14. The van der Waals surface area contributed by atoms with Gasteiger partial charge in [0, 0.05) is 5.41 Å². The molecule has 128 valence electrons. The quantitative estimate of drug-likeness (QED) is 0.834. The number of amides is 1. The van der Waals surface area contributed by atoms with Crippen molar-refractivity contribution in [3.63, 3.8) is 0 Å². The minimum absolute atomic E-state index is 0.104. The van der Waals surface area contributed by atoms with Gasteiger partial charge in [0.2, 0.25) is 5.89 Å². The molecular formula is C17H21N3O4. The molecule has 2 aromatic heterocycles. The second-order valence-corrected chi connectivity index (χ2v) is 6.92. The van der Waals surface area contributed by atoms with Gasteiger partial charge in [-0.05, 0) is 31.9 Å². The molecular weight excluding hydrogens is 310 g/mol. The SMILES string of the molecule is CC(C)(O)C#Cc1ccc(C(=O)NCc2nc(C(C)(C)C)no2)o1. The molecule has 2 heterocycles. The average Bonchev–Trinajstić information content (AvgIpc) is 3.10. The van der Waals surface area contributed by atoms with Crippen LogP contribution in [0.15, 0.2) is 21.1 Å². The Morgan fingerprint density at radius 3 is 2.58 bits per heavy atom. The molecule has 2 N–H and O–H groups in total. The molecule has 2 rings (SSSR count). The first kappa shape index (κ1) is 17.8. The summed E-state index contributed by atoms with van der Waals surface area (Å²) in [6, 6.07) is 3.08. The van der Waals surface area contributed by atoms with Gasteiger partial charge < -0.3 is 19.4 Å². The fourth-order valence-corrected chi connectivity index (χ4v) is 1.62. The lowest BCUT2D eigenvalue weighted by molar-refractivity contribution is 0.0918. The van der Waals surface area contributed by atoms with E-state index in [-0.39, 0.29) is 17.7 Å². The Labute approximate surface area is 140 Å². The minimum atomic E-state index is -1.13. The lowest BCUT2D eigenvalue weighted by atomic mass is 9.96. The molecule has 7 nitrogen and oxygen atoms in total. The van der Waals surface area contributed by atoms with E-state index >= 15 is 0 Å². The Morgan fingerprint density at radius 2 is 2.00 bits per heavy atom. The van der Waals surface area contributed by atoms with E-state index in [1.54, 1.807) is 19.9 Å². The maximum Gasteiger partial charge on any atom is 0.287 e. The molecule has 0 saturated carbocycles. The topological polar surface area (TPSA) is 101 Å². The van der Waals surface area contributed by atoms with Gasteiger partial charge in [0.25, 0.3) is 5.91 Å². The highest BCUT2D eigenvalue weighted by Gasteiger charge is 2.21. The third-order valence-electron chi connectivity index (χ3n) is 2.86. The van der Waals surface area contributed by atoms with Gasteiger partial charge in [0.15, 0.2) is 17.3 Å². The van der Waals surface area contributed by atoms with E-state index in [1.807, 2.05) is 20.8 Å². The van der Waals surface area contributed by atoms with Gasteiger partial charge >= 0.3 is 0 Å². The average molecular weight is 331 g/mol. The summed E-state index contributed by atoms with van der Waals surface area (Å²) < 4.78 is 10.4. The number of carbonyl (C=O) groups is 1. The maximum absolute atomic E-state index is 12.0. The zero-order valence-electron chi connectivity index (χ0n) is 14.4. The molecule has 0 spiro atoms. The summed E-state index contributed by atoms with van der Waals surface area (Å²) in [4.78, 5) is 16.3. The fraction of sp³-hybridized carbons (Fsp3) is 0.471. The molecule has 0 aliphatic carbocycles. The molecule has 2 aromatic rings. The van der Waals surface area contributed by atoms with Crippen molar-refractivity contribution < 1.29 is 18.8 Å². The maximum atomic E-state index is 12.0. The summed E-state index contributed by atoms with van der Waals surface area (Å²) in [5.41, 5.74) is -1.35. The third-order valence-corrected chi connectivity index (χ3v) is 2.86. The van der Waals surface area contributed by atoms with Gasteiger partial charge in [-0.3, -0.25) is 4.79 Å². The summed E-state index contributed by atoms with van der Waals surface area (Å²) in [5, 5.41) is 16.1. The summed E-state index contributed by atoms with van der Waals surface area (Å²) in [7, 11) is 0. The van der Waals surface area contributed by atoms with Crippen LogP contribution in [0.1, 0.15) is 62.6 Å². The highest BCUT2D eigenvalue weighted by molar-refractivity contribution is 5.91. The van der Waals surface area contributed by atoms with Crippen LogP contribution in [-0.2, 0) is 12.0 Å². The van der Waals surface area contributed by atoms with Gasteiger partial charge in [0.05, 0.1) is 6.54 Å². The second kappa shape index (κ2) is 6.49. The van der Waals surface area contributed by atoms with Gasteiger partial charge in [-0.2, -0.15) is 4.98 Å². The van der Waals surface area contributed by atoms with Crippen LogP contribution in [-0.4, -0.2) is 26.8 Å². The first-order valence-corrected chi connectivity index (χ1v) is 7.51. The number of hydrogen-bond acceptors (Lipinski definition) is 6. The zero-order valence-corrected chi connectivity index (χ0v) is 14.4. The molecule has 0 saturated heterocycles. The molecule has 0 bridgehead atoms. The van der Waals surface area contributed by atoms with Crippen LogP contribution >= 0.6 is 0 Å². The highest BCUT2D eigenvalue weighted by Crippen LogP contribution is 2.18. The number of hydrogen-bond donors (Lipinski definition) is 2. The van der Waals surface area contributed by atoms with E-state index in [0.29, 0.717) is 17.5 Å². The van der Waals surface area contributed by atoms with E-state index in [4.69, 9.17) is 8.94 Å². The fourth-order valence-electron chi connectivity index (χ4n) is 1.62. The minimum Gasteiger partial charge on any atom is -0.443 e. The zero-order chi connectivity index (χ0) is 18.0. The number of aromatic nitrogens is 2. The van der Waals surface area contributed by atoms with E-state index in [0.717, 1.165) is 0 Å². The van der Waals surface area contributed by atoms with Crippen LogP contribution in [0.25, 0.3) is 0 Å². The summed E-state index contributed by atoms with van der Waals surface area (Å²) in [6.07, 6.45) is 0. The third kappa shape index (κ3) is 4.96. The van der Waals surface area contributed by atoms with Crippen molar-refractivity contribution in [2.24, 2.45) is 0 Å². The number of nitrogens with zero attached hydrogens (tertiary/aromatic N) is 2. The lowest BCUT2D eigenvalue weighted by Gasteiger charge is -2.10. The van der Waals surface area contributed by atoms with Crippen molar-refractivity contribution in [3.8, 4) is 11.8 Å². The van der Waals surface area contributed by atoms with Crippen LogP contribution < -0.4 is 5.32 Å². The van der Waals surface area contributed by atoms with E-state index in [2.05, 4.69) is 27.3 Å². The van der Waals surface area contributed by atoms with Crippen LogP contribution in [0.3, 0.4) is 0 Å². The molecule has 0 aliphatic rings. The molecule has 24 heavy (non-hydrogen) atoms. The molecule has 0 radical (unpaired) electrons. The molecule has 0 fully saturated rings. The lowest BCUT2D eigenvalue weighted by Crippen LogP contribution is -2.22. The Hall–Kier alpha value is -2.59. The Bertz CT molecular complexity index is 779. The van der Waals surface area contributed by atoms with Crippen LogP contribution in [0.4, 0.5) is 0 Å². The van der Waals surface area contributed by atoms with Crippen LogP contribution in [0.2, 0.25) is 0 Å². The number of nitrogens with one attached hydrogen (secondary N) is 1. The number of furan rings is 1. The second-order valence-electron chi connectivity index (χ2n) is 6.92. The normalized spacial score (nSPS) is 11.8. The number of carbonyl (C=O) groups excluding carboxylic acids is 1. The van der Waals surface area contributed by atoms with Crippen molar-refractivity contribution in [1.82, 2.24) is 15.5 Å². The molecule has 0 unspecified atom stereocenters. The Morgan fingerprint density at radius 1 is 1.29 bits per heavy atom. The molecule has 0 aromatic carbocycles. The van der Waals surface area contributed by atoms with Gasteiger partial charge in [0.1, 0.15) is 5.60 Å². The van der Waals surface area contributed by atoms with Gasteiger partial charge in [-0.1, -0.05) is 31.8 Å². The Kier molecular flexibility index (Phi) is 4.81. The van der Waals surface area contributed by atoms with Crippen molar-refractivity contribution in [2.45, 2.75) is 52.2 Å². The van der Waals surface area contributed by atoms with Crippen LogP contribution in [0.5, 0.6) is 0 Å². The summed E-state index contributed by atoms with van der Waals surface area (Å²) in [5.74, 6) is 6.18. The molecule has 0 aliphatic heterocycles. The van der Waals surface area contributed by atoms with Crippen molar-refractivity contribution in [3.05, 3.63) is 35.4 Å². The standard InChI is InChI=1S/C17H21N3O4/c1-16(2,3)15-19-13(24-20-15)10-18-14(21)12-7-6-11(23-12)8-9-17(4,5)22/h6-7,22H,10H2,1-5H3,(H,18,21). The Balaban J connectivity index is 1.97. The van der Waals surface area contributed by atoms with E-state index in [9.17, 15) is 9.90 Å². The predicted molar refractivity (Wildman–Crippen MR) is 86.1 cm³/mol. The van der Waals surface area contributed by atoms with E-state index < -0.39 is 11.5 Å². The van der Waals surface area contributed by atoms with Crippen LogP contribution in [0, 0.1) is 11.8 Å². The van der Waals surface area contributed by atoms with E-state index in [1.165, 1.54) is 6.07 Å². The van der Waals surface area contributed by atoms with Gasteiger partial charge in [-0.25, -0.2) is 0 Å². The highest BCUT2D eigenvalue weighted by atomic mass is 16.5. The largest absolute Gasteiger partial charge is 0.443 e. The summed E-state index contributed by atoms with van der Waals surface area (Å²) >= 11 is 0. The van der Waals surface area contributed by atoms with Crippen molar-refractivity contribution in [2.75, 3.05) is 0 Å². The van der Waals surface area contributed by atoms with Crippen molar-refractivity contribution >= 4 is 5.91 Å². The molecule has 7 heteroatoms. The monoisotopic (exact) mass is 331 g/mol. The first-order valence-electron chi connectivity index (χ1n) is 7.51. The van der Waals surface area contributed by atoms with Gasteiger partial charge in [-0.15, -0.1) is 0 Å². The number of rotatable bonds is 3. The predicted octanol–water partition coefficient (Wildman–Crippen LogP) is 2.01. The smallest absolute Gasteiger partial charge is 0.287 e. The molecule has 1 amide bonds. The van der Waals surface area contributed by atoms with Crippen molar-refractivity contribution in [1.29, 1.82) is 0 Å². The molecule has 0 atom stereocenters.